The van der Waals surface area contributed by atoms with Crippen LogP contribution in [-0.2, 0) is 9.53 Å². The molecule has 0 aromatic carbocycles. The molecule has 0 aromatic rings. The van der Waals surface area contributed by atoms with E-state index >= 15 is 0 Å². The summed E-state index contributed by atoms with van der Waals surface area (Å²) in [5.74, 6) is 0.281. The Labute approximate surface area is 122 Å². The summed E-state index contributed by atoms with van der Waals surface area (Å²) >= 11 is 0. The maximum atomic E-state index is 12.4. The van der Waals surface area contributed by atoms with Crippen LogP contribution < -0.4 is 5.73 Å². The predicted octanol–water partition coefficient (Wildman–Crippen LogP) is 0.827. The highest BCUT2D eigenvalue weighted by atomic mass is 16.5. The molecule has 5 heteroatoms. The van der Waals surface area contributed by atoms with Gasteiger partial charge in [-0.05, 0) is 32.1 Å². The molecule has 0 spiro atoms. The van der Waals surface area contributed by atoms with Crippen LogP contribution in [0.15, 0.2) is 0 Å². The molecule has 0 bridgehead atoms. The van der Waals surface area contributed by atoms with Gasteiger partial charge >= 0.3 is 0 Å². The summed E-state index contributed by atoms with van der Waals surface area (Å²) in [7, 11) is 1.72. The van der Waals surface area contributed by atoms with Crippen LogP contribution in [0.25, 0.3) is 0 Å². The van der Waals surface area contributed by atoms with E-state index in [0.717, 1.165) is 32.5 Å². The third-order valence-corrected chi connectivity index (χ3v) is 4.43. The van der Waals surface area contributed by atoms with Crippen molar-refractivity contribution in [3.63, 3.8) is 0 Å². The fourth-order valence-electron chi connectivity index (χ4n) is 3.08. The fourth-order valence-corrected chi connectivity index (χ4v) is 3.08. The number of nitrogens with zero attached hydrogens (tertiary/aromatic N) is 2. The average molecular weight is 283 g/mol. The number of rotatable bonds is 8. The van der Waals surface area contributed by atoms with Gasteiger partial charge in [0, 0.05) is 51.8 Å². The summed E-state index contributed by atoms with van der Waals surface area (Å²) in [6, 6.07) is 0.792. The molecule has 1 aliphatic heterocycles. The Hall–Kier alpha value is -0.650. The first kappa shape index (κ1) is 15.7. The van der Waals surface area contributed by atoms with E-state index in [1.165, 1.54) is 19.3 Å². The van der Waals surface area contributed by atoms with Gasteiger partial charge in [0.15, 0.2) is 0 Å². The van der Waals surface area contributed by atoms with Crippen molar-refractivity contribution in [2.24, 2.45) is 5.73 Å². The van der Waals surface area contributed by atoms with Crippen molar-refractivity contribution in [2.45, 2.75) is 50.6 Å². The van der Waals surface area contributed by atoms with Crippen LogP contribution in [0.1, 0.15) is 38.5 Å². The Bertz CT molecular complexity index is 301. The number of amides is 1. The Balaban J connectivity index is 1.86. The van der Waals surface area contributed by atoms with Crippen LogP contribution in [0.4, 0.5) is 0 Å². The Morgan fingerprint density at radius 3 is 2.60 bits per heavy atom. The Morgan fingerprint density at radius 2 is 2.05 bits per heavy atom. The minimum atomic E-state index is 0.173. The largest absolute Gasteiger partial charge is 0.383 e. The lowest BCUT2D eigenvalue weighted by Gasteiger charge is -2.33. The van der Waals surface area contributed by atoms with Gasteiger partial charge in [-0.25, -0.2) is 0 Å². The summed E-state index contributed by atoms with van der Waals surface area (Å²) in [6.07, 6.45) is 6.59. The van der Waals surface area contributed by atoms with Crippen LogP contribution in [0, 0.1) is 0 Å². The number of ether oxygens (including phenoxy) is 1. The third-order valence-electron chi connectivity index (χ3n) is 4.43. The summed E-state index contributed by atoms with van der Waals surface area (Å²) in [5.41, 5.74) is 5.94. The number of carbonyl (C=O) groups is 1. The topological polar surface area (TPSA) is 58.8 Å². The van der Waals surface area contributed by atoms with Crippen LogP contribution in [0.5, 0.6) is 0 Å². The molecule has 1 aliphatic carbocycles. The molecule has 1 atom stereocenters. The van der Waals surface area contributed by atoms with E-state index in [2.05, 4.69) is 4.90 Å². The molecule has 1 heterocycles. The number of likely N-dealkylation sites (tertiary alicyclic amines) is 1. The molecular weight excluding hydrogens is 254 g/mol. The zero-order valence-electron chi connectivity index (χ0n) is 12.7. The van der Waals surface area contributed by atoms with E-state index < -0.39 is 0 Å². The van der Waals surface area contributed by atoms with Crippen molar-refractivity contribution >= 4 is 5.91 Å². The van der Waals surface area contributed by atoms with Gasteiger partial charge in [0.05, 0.1) is 6.61 Å². The first-order valence-corrected chi connectivity index (χ1v) is 7.98. The van der Waals surface area contributed by atoms with Crippen molar-refractivity contribution in [1.82, 2.24) is 9.80 Å². The van der Waals surface area contributed by atoms with Gasteiger partial charge in [-0.3, -0.25) is 9.69 Å². The van der Waals surface area contributed by atoms with E-state index in [1.807, 2.05) is 4.90 Å². The van der Waals surface area contributed by atoms with Crippen molar-refractivity contribution in [3.8, 4) is 0 Å². The Kier molecular flexibility index (Phi) is 6.26. The molecule has 0 radical (unpaired) electrons. The molecule has 2 aliphatic rings. The SMILES string of the molecule is COCCN(C1CC1)C(CN)CC(=O)N1CCCCC1. The van der Waals surface area contributed by atoms with E-state index in [1.54, 1.807) is 7.11 Å². The maximum Gasteiger partial charge on any atom is 0.224 e. The molecule has 1 amide bonds. The van der Waals surface area contributed by atoms with Crippen LogP contribution in [0.3, 0.4) is 0 Å². The molecule has 1 saturated carbocycles. The molecule has 116 valence electrons. The number of nitrogens with two attached hydrogens (primary N) is 1. The van der Waals surface area contributed by atoms with Crippen LogP contribution in [-0.4, -0.2) is 67.7 Å². The van der Waals surface area contributed by atoms with E-state index in [-0.39, 0.29) is 11.9 Å². The zero-order chi connectivity index (χ0) is 14.4. The van der Waals surface area contributed by atoms with Crippen molar-refractivity contribution in [1.29, 1.82) is 0 Å². The number of carbonyl (C=O) groups excluding carboxylic acids is 1. The number of methoxy groups -OCH3 is 1. The first-order chi connectivity index (χ1) is 9.76. The number of piperidine rings is 1. The maximum absolute atomic E-state index is 12.4. The molecule has 0 aromatic heterocycles. The molecular formula is C15H29N3O2. The third kappa shape index (κ3) is 4.43. The lowest BCUT2D eigenvalue weighted by atomic mass is 10.1. The van der Waals surface area contributed by atoms with Crippen molar-refractivity contribution in [3.05, 3.63) is 0 Å². The average Bonchev–Trinajstić information content (AvgIpc) is 3.31. The van der Waals surface area contributed by atoms with Crippen LogP contribution >= 0.6 is 0 Å². The molecule has 2 rings (SSSR count). The quantitative estimate of drug-likeness (QED) is 0.717. The smallest absolute Gasteiger partial charge is 0.224 e. The van der Waals surface area contributed by atoms with Gasteiger partial charge in [0.25, 0.3) is 0 Å². The lowest BCUT2D eigenvalue weighted by Crippen LogP contribution is -2.47. The first-order valence-electron chi connectivity index (χ1n) is 7.98. The fraction of sp³-hybridized carbons (Fsp3) is 0.933. The second-order valence-electron chi connectivity index (χ2n) is 6.00. The van der Waals surface area contributed by atoms with Crippen molar-refractivity contribution < 1.29 is 9.53 Å². The minimum Gasteiger partial charge on any atom is -0.383 e. The lowest BCUT2D eigenvalue weighted by molar-refractivity contribution is -0.133. The van der Waals surface area contributed by atoms with E-state index in [0.29, 0.717) is 25.6 Å². The van der Waals surface area contributed by atoms with E-state index in [4.69, 9.17) is 10.5 Å². The van der Waals surface area contributed by atoms with Crippen molar-refractivity contribution in [2.75, 3.05) is 39.9 Å². The van der Waals surface area contributed by atoms with Gasteiger partial charge in [-0.2, -0.15) is 0 Å². The summed E-state index contributed by atoms with van der Waals surface area (Å²) < 4.78 is 5.19. The molecule has 1 unspecified atom stereocenters. The zero-order valence-corrected chi connectivity index (χ0v) is 12.7. The standard InChI is InChI=1S/C15H29N3O2/c1-20-10-9-18(13-5-6-13)14(12-16)11-15(19)17-7-3-2-4-8-17/h13-14H,2-12,16H2,1H3. The van der Waals surface area contributed by atoms with Crippen LogP contribution in [0.2, 0.25) is 0 Å². The normalized spacial score (nSPS) is 21.2. The highest BCUT2D eigenvalue weighted by Crippen LogP contribution is 2.29. The molecule has 2 N–H and O–H groups in total. The van der Waals surface area contributed by atoms with Gasteiger partial charge in [0.2, 0.25) is 5.91 Å². The van der Waals surface area contributed by atoms with Gasteiger partial charge in [0.1, 0.15) is 0 Å². The van der Waals surface area contributed by atoms with Gasteiger partial charge in [-0.1, -0.05) is 0 Å². The monoisotopic (exact) mass is 283 g/mol. The molecule has 20 heavy (non-hydrogen) atoms. The van der Waals surface area contributed by atoms with Gasteiger partial charge < -0.3 is 15.4 Å². The summed E-state index contributed by atoms with van der Waals surface area (Å²) in [4.78, 5) is 16.8. The highest BCUT2D eigenvalue weighted by Gasteiger charge is 2.34. The summed E-state index contributed by atoms with van der Waals surface area (Å²) in [5, 5.41) is 0. The van der Waals surface area contributed by atoms with E-state index in [9.17, 15) is 4.79 Å². The van der Waals surface area contributed by atoms with Gasteiger partial charge in [-0.15, -0.1) is 0 Å². The minimum absolute atomic E-state index is 0.173. The number of hydrogen-bond acceptors (Lipinski definition) is 4. The predicted molar refractivity (Wildman–Crippen MR) is 79.5 cm³/mol. The summed E-state index contributed by atoms with van der Waals surface area (Å²) in [6.45, 7) is 4.01. The molecule has 5 nitrogen and oxygen atoms in total. The number of hydrogen-bond donors (Lipinski definition) is 1. The second-order valence-corrected chi connectivity index (χ2v) is 6.00. The molecule has 1 saturated heterocycles. The second kappa shape index (κ2) is 7.96. The highest BCUT2D eigenvalue weighted by molar-refractivity contribution is 5.77. The molecule has 2 fully saturated rings. The Morgan fingerprint density at radius 1 is 1.35 bits per heavy atom.